The number of hydrogen-bond donors (Lipinski definition) is 2. The molecule has 1 aliphatic carbocycles. The summed E-state index contributed by atoms with van der Waals surface area (Å²) < 4.78 is 5.43. The zero-order chi connectivity index (χ0) is 22.6. The van der Waals surface area contributed by atoms with Crippen LogP contribution in [0.1, 0.15) is 24.8 Å². The van der Waals surface area contributed by atoms with Crippen molar-refractivity contribution in [2.45, 2.75) is 31.8 Å². The van der Waals surface area contributed by atoms with Crippen molar-refractivity contribution in [3.8, 4) is 0 Å². The van der Waals surface area contributed by atoms with E-state index < -0.39 is 17.2 Å². The summed E-state index contributed by atoms with van der Waals surface area (Å²) in [7, 11) is 3.34. The zero-order valence-corrected chi connectivity index (χ0v) is 18.6. The number of carboxylic acid groups (broad SMARTS) is 1. The van der Waals surface area contributed by atoms with Gasteiger partial charge in [-0.1, -0.05) is 6.07 Å². The molecule has 1 fully saturated rings. The van der Waals surface area contributed by atoms with Gasteiger partial charge in [-0.15, -0.1) is 11.3 Å². The standard InChI is InChI=1S/C22H23N5O4S/c1-25-17-18(24-21(25)23-15-5-4-14(10-15)20(29)30)26(2)22(31)27(19(17)28)11-12-3-6-16-13(9-12)7-8-32-16/h3,6-9,14-15H,4-5,10-11H2,1-2H3,(H,23,24)(H,29,30). The summed E-state index contributed by atoms with van der Waals surface area (Å²) >= 11 is 1.65. The van der Waals surface area contributed by atoms with Gasteiger partial charge in [-0.25, -0.2) is 4.79 Å². The average molecular weight is 454 g/mol. The van der Waals surface area contributed by atoms with Crippen molar-refractivity contribution in [2.24, 2.45) is 20.0 Å². The van der Waals surface area contributed by atoms with Crippen LogP contribution in [-0.4, -0.2) is 35.8 Å². The van der Waals surface area contributed by atoms with Gasteiger partial charge in [0.1, 0.15) is 0 Å². The van der Waals surface area contributed by atoms with E-state index in [0.717, 1.165) is 15.6 Å². The predicted octanol–water partition coefficient (Wildman–Crippen LogP) is 2.36. The van der Waals surface area contributed by atoms with E-state index in [4.69, 9.17) is 0 Å². The Hall–Kier alpha value is -3.40. The summed E-state index contributed by atoms with van der Waals surface area (Å²) in [5.41, 5.74) is 0.692. The molecule has 0 spiro atoms. The number of rotatable bonds is 5. The highest BCUT2D eigenvalue weighted by Crippen LogP contribution is 2.28. The van der Waals surface area contributed by atoms with Gasteiger partial charge in [0.2, 0.25) is 5.95 Å². The minimum absolute atomic E-state index is 0.0387. The van der Waals surface area contributed by atoms with Gasteiger partial charge in [-0.3, -0.25) is 18.7 Å². The Morgan fingerprint density at radius 2 is 2.03 bits per heavy atom. The molecule has 3 heterocycles. The van der Waals surface area contributed by atoms with Crippen LogP contribution in [0.15, 0.2) is 39.2 Å². The lowest BCUT2D eigenvalue weighted by Crippen LogP contribution is -2.39. The van der Waals surface area contributed by atoms with Gasteiger partial charge < -0.3 is 15.0 Å². The number of thiophene rings is 1. The third-order valence-electron chi connectivity index (χ3n) is 6.33. The van der Waals surface area contributed by atoms with Crippen LogP contribution in [0.5, 0.6) is 0 Å². The molecule has 32 heavy (non-hydrogen) atoms. The van der Waals surface area contributed by atoms with Crippen molar-refractivity contribution in [1.29, 1.82) is 0 Å². The fraction of sp³-hybridized carbons (Fsp3) is 0.364. The van der Waals surface area contributed by atoms with Crippen molar-refractivity contribution in [1.82, 2.24) is 18.7 Å². The van der Waals surface area contributed by atoms with Crippen molar-refractivity contribution < 1.29 is 9.90 Å². The van der Waals surface area contributed by atoms with Gasteiger partial charge in [-0.2, -0.15) is 4.98 Å². The molecule has 0 amide bonds. The number of carboxylic acids is 1. The van der Waals surface area contributed by atoms with Gasteiger partial charge in [0, 0.05) is 24.8 Å². The van der Waals surface area contributed by atoms with Gasteiger partial charge >= 0.3 is 11.7 Å². The molecule has 1 aliphatic rings. The molecule has 2 N–H and O–H groups in total. The maximum Gasteiger partial charge on any atom is 0.332 e. The van der Waals surface area contributed by atoms with Crippen LogP contribution >= 0.6 is 11.3 Å². The number of anilines is 1. The smallest absolute Gasteiger partial charge is 0.332 e. The van der Waals surface area contributed by atoms with E-state index in [-0.39, 0.29) is 18.5 Å². The predicted molar refractivity (Wildman–Crippen MR) is 124 cm³/mol. The first-order valence-electron chi connectivity index (χ1n) is 10.4. The molecule has 10 heteroatoms. The van der Waals surface area contributed by atoms with Crippen LogP contribution in [-0.2, 0) is 25.4 Å². The molecule has 3 aromatic heterocycles. The molecule has 0 radical (unpaired) electrons. The van der Waals surface area contributed by atoms with Crippen LogP contribution < -0.4 is 16.6 Å². The number of aromatic nitrogens is 4. The van der Waals surface area contributed by atoms with Crippen LogP contribution in [0.3, 0.4) is 0 Å². The van der Waals surface area contributed by atoms with E-state index in [9.17, 15) is 19.5 Å². The second-order valence-electron chi connectivity index (χ2n) is 8.38. The lowest BCUT2D eigenvalue weighted by molar-refractivity contribution is -0.141. The summed E-state index contributed by atoms with van der Waals surface area (Å²) in [6.07, 6.45) is 1.83. The number of fused-ring (bicyclic) bond motifs is 2. The van der Waals surface area contributed by atoms with E-state index in [2.05, 4.69) is 10.3 Å². The number of aryl methyl sites for hydroxylation is 2. The molecule has 0 bridgehead atoms. The molecule has 5 rings (SSSR count). The third kappa shape index (κ3) is 3.31. The second kappa shape index (κ2) is 7.63. The second-order valence-corrected chi connectivity index (χ2v) is 9.33. The highest BCUT2D eigenvalue weighted by atomic mass is 32.1. The number of aliphatic carboxylic acids is 1. The molecule has 9 nitrogen and oxygen atoms in total. The molecular formula is C22H23N5O4S. The molecule has 0 aliphatic heterocycles. The average Bonchev–Trinajstić information content (AvgIpc) is 3.49. The quantitative estimate of drug-likeness (QED) is 0.480. The fourth-order valence-electron chi connectivity index (χ4n) is 4.53. The maximum absolute atomic E-state index is 13.3. The first-order chi connectivity index (χ1) is 15.3. The zero-order valence-electron chi connectivity index (χ0n) is 17.7. The monoisotopic (exact) mass is 453 g/mol. The number of hydrogen-bond acceptors (Lipinski definition) is 6. The lowest BCUT2D eigenvalue weighted by Gasteiger charge is -2.13. The van der Waals surface area contributed by atoms with Crippen LogP contribution in [0.2, 0.25) is 0 Å². The number of carbonyl (C=O) groups is 1. The van der Waals surface area contributed by atoms with E-state index in [1.54, 1.807) is 30.0 Å². The van der Waals surface area contributed by atoms with E-state index >= 15 is 0 Å². The Bertz CT molecular complexity index is 1480. The van der Waals surface area contributed by atoms with Crippen molar-refractivity contribution >= 4 is 44.5 Å². The Kier molecular flexibility index (Phi) is 4.89. The number of imidazole rings is 1. The number of nitrogens with zero attached hydrogens (tertiary/aromatic N) is 4. The molecule has 0 saturated heterocycles. The molecule has 2 unspecified atom stereocenters. The summed E-state index contributed by atoms with van der Waals surface area (Å²) in [6, 6.07) is 7.91. The molecular weight excluding hydrogens is 430 g/mol. The van der Waals surface area contributed by atoms with Crippen LogP contribution in [0, 0.1) is 5.92 Å². The third-order valence-corrected chi connectivity index (χ3v) is 7.23. The van der Waals surface area contributed by atoms with Gasteiger partial charge in [-0.05, 0) is 53.8 Å². The SMILES string of the molecule is Cn1c(NC2CCC(C(=O)O)C2)nc2c1c(=O)n(Cc1ccc3sccc3c1)c(=O)n2C. The first-order valence-corrected chi connectivity index (χ1v) is 11.3. The van der Waals surface area contributed by atoms with Crippen LogP contribution in [0.25, 0.3) is 21.3 Å². The fourth-order valence-corrected chi connectivity index (χ4v) is 5.30. The minimum atomic E-state index is -0.787. The largest absolute Gasteiger partial charge is 0.481 e. The van der Waals surface area contributed by atoms with Crippen molar-refractivity contribution in [3.63, 3.8) is 0 Å². The normalized spacial score (nSPS) is 18.6. The Morgan fingerprint density at radius 1 is 1.22 bits per heavy atom. The van der Waals surface area contributed by atoms with Gasteiger partial charge in [0.25, 0.3) is 5.56 Å². The Balaban J connectivity index is 1.53. The Morgan fingerprint density at radius 3 is 2.78 bits per heavy atom. The molecule has 1 saturated carbocycles. The van der Waals surface area contributed by atoms with Gasteiger partial charge in [0.15, 0.2) is 11.2 Å². The van der Waals surface area contributed by atoms with E-state index in [1.165, 1.54) is 9.13 Å². The summed E-state index contributed by atoms with van der Waals surface area (Å²) in [5, 5.41) is 15.6. The Labute approximate surface area is 186 Å². The molecule has 1 aromatic carbocycles. The van der Waals surface area contributed by atoms with Crippen LogP contribution in [0.4, 0.5) is 5.95 Å². The first kappa shape index (κ1) is 20.5. The highest BCUT2D eigenvalue weighted by Gasteiger charge is 2.30. The molecule has 166 valence electrons. The maximum atomic E-state index is 13.3. The highest BCUT2D eigenvalue weighted by molar-refractivity contribution is 7.17. The van der Waals surface area contributed by atoms with Crippen molar-refractivity contribution in [2.75, 3.05) is 5.32 Å². The molecule has 4 aromatic rings. The number of nitrogens with one attached hydrogen (secondary N) is 1. The summed E-state index contributed by atoms with van der Waals surface area (Å²) in [4.78, 5) is 42.1. The number of benzene rings is 1. The molecule has 2 atom stereocenters. The van der Waals surface area contributed by atoms with E-state index in [1.807, 2.05) is 29.6 Å². The lowest BCUT2D eigenvalue weighted by atomic mass is 10.1. The van der Waals surface area contributed by atoms with Gasteiger partial charge in [0.05, 0.1) is 12.5 Å². The summed E-state index contributed by atoms with van der Waals surface area (Å²) in [5.74, 6) is -0.699. The van der Waals surface area contributed by atoms with E-state index in [0.29, 0.717) is 36.4 Å². The van der Waals surface area contributed by atoms with Crippen molar-refractivity contribution in [3.05, 3.63) is 56.0 Å². The topological polar surface area (TPSA) is 111 Å². The summed E-state index contributed by atoms with van der Waals surface area (Å²) in [6.45, 7) is 0.171. The minimum Gasteiger partial charge on any atom is -0.481 e.